The number of aromatic amines is 1. The van der Waals surface area contributed by atoms with Crippen molar-refractivity contribution in [3.63, 3.8) is 0 Å². The molecule has 7 nitrogen and oxygen atoms in total. The summed E-state index contributed by atoms with van der Waals surface area (Å²) in [5.41, 5.74) is 6.04. The van der Waals surface area contributed by atoms with Gasteiger partial charge in [0.15, 0.2) is 0 Å². The summed E-state index contributed by atoms with van der Waals surface area (Å²) in [7, 11) is 1.69. The summed E-state index contributed by atoms with van der Waals surface area (Å²) >= 11 is 1.66. The maximum Gasteiger partial charge on any atom is 0.248 e. The molecule has 0 spiro atoms. The molecule has 3 aromatic carbocycles. The van der Waals surface area contributed by atoms with Crippen molar-refractivity contribution in [1.29, 1.82) is 0 Å². The van der Waals surface area contributed by atoms with Crippen LogP contribution in [0.15, 0.2) is 88.4 Å². The number of aliphatic hydroxyl groups is 1. The van der Waals surface area contributed by atoms with Crippen LogP contribution in [0.4, 0.5) is 11.4 Å². The van der Waals surface area contributed by atoms with Crippen LogP contribution >= 0.6 is 11.3 Å². The molecule has 2 aromatic heterocycles. The number of anilines is 2. The van der Waals surface area contributed by atoms with E-state index in [-0.39, 0.29) is 11.3 Å². The summed E-state index contributed by atoms with van der Waals surface area (Å²) in [6.07, 6.45) is 0.0284. The van der Waals surface area contributed by atoms with Crippen LogP contribution in [0.1, 0.15) is 17.2 Å². The molecule has 8 heteroatoms. The van der Waals surface area contributed by atoms with Gasteiger partial charge in [-0.2, -0.15) is 11.3 Å². The number of H-pyrrole nitrogens is 1. The van der Waals surface area contributed by atoms with Crippen molar-refractivity contribution in [2.75, 3.05) is 25.5 Å². The molecule has 38 heavy (non-hydrogen) atoms. The van der Waals surface area contributed by atoms with Gasteiger partial charge in [-0.1, -0.05) is 18.2 Å². The minimum absolute atomic E-state index is 0.0190. The highest BCUT2D eigenvalue weighted by Gasteiger charge is 2.14. The molecule has 5 rings (SSSR count). The number of thiophene rings is 1. The first kappa shape index (κ1) is 25.5. The third kappa shape index (κ3) is 5.73. The largest absolute Gasteiger partial charge is 0.506 e. The van der Waals surface area contributed by atoms with E-state index >= 15 is 0 Å². The Morgan fingerprint density at radius 2 is 1.82 bits per heavy atom. The molecule has 0 fully saturated rings. The van der Waals surface area contributed by atoms with E-state index in [1.165, 1.54) is 17.7 Å². The molecular formula is C30H29N3O4S. The van der Waals surface area contributed by atoms with Gasteiger partial charge in [0.2, 0.25) is 5.56 Å². The maximum absolute atomic E-state index is 11.6. The molecule has 5 aromatic rings. The first-order valence-electron chi connectivity index (χ1n) is 12.3. The van der Waals surface area contributed by atoms with Crippen molar-refractivity contribution < 1.29 is 14.9 Å². The molecule has 0 unspecified atom stereocenters. The van der Waals surface area contributed by atoms with Crippen molar-refractivity contribution in [3.8, 4) is 22.6 Å². The number of hydrogen-bond donors (Lipinski definition) is 5. The van der Waals surface area contributed by atoms with Gasteiger partial charge in [0, 0.05) is 34.9 Å². The Morgan fingerprint density at radius 3 is 2.58 bits per heavy atom. The van der Waals surface area contributed by atoms with Gasteiger partial charge < -0.3 is 30.6 Å². The minimum atomic E-state index is -0.779. The van der Waals surface area contributed by atoms with Crippen LogP contribution in [-0.2, 0) is 6.42 Å². The van der Waals surface area contributed by atoms with Gasteiger partial charge in [-0.05, 0) is 88.9 Å². The molecule has 0 aliphatic heterocycles. The minimum Gasteiger partial charge on any atom is -0.506 e. The monoisotopic (exact) mass is 527 g/mol. The zero-order chi connectivity index (χ0) is 26.5. The summed E-state index contributed by atoms with van der Waals surface area (Å²) in [6.45, 7) is 1.04. The van der Waals surface area contributed by atoms with Gasteiger partial charge in [-0.3, -0.25) is 4.79 Å². The lowest BCUT2D eigenvalue weighted by Gasteiger charge is -2.15. The van der Waals surface area contributed by atoms with Crippen molar-refractivity contribution in [1.82, 2.24) is 10.3 Å². The molecule has 0 saturated heterocycles. The predicted molar refractivity (Wildman–Crippen MR) is 154 cm³/mol. The van der Waals surface area contributed by atoms with Gasteiger partial charge in [-0.15, -0.1) is 0 Å². The molecule has 194 valence electrons. The van der Waals surface area contributed by atoms with E-state index in [0.717, 1.165) is 34.7 Å². The Labute approximate surface area is 224 Å². The molecule has 0 amide bonds. The van der Waals surface area contributed by atoms with Crippen LogP contribution in [0.2, 0.25) is 0 Å². The SMILES string of the molecule is COc1ccc(Nc2ccc(CCNC[C@H](O)c3ccc(O)c4[nH]c(=O)ccc34)cc2)cc1-c1ccsc1. The number of benzene rings is 3. The molecule has 0 saturated carbocycles. The summed E-state index contributed by atoms with van der Waals surface area (Å²) in [6, 6.07) is 22.6. The number of rotatable bonds is 10. The zero-order valence-corrected chi connectivity index (χ0v) is 21.7. The van der Waals surface area contributed by atoms with Gasteiger partial charge in [-0.25, -0.2) is 0 Å². The average molecular weight is 528 g/mol. The third-order valence-electron chi connectivity index (χ3n) is 6.47. The number of aromatic hydroxyl groups is 1. The van der Waals surface area contributed by atoms with E-state index in [9.17, 15) is 15.0 Å². The number of aromatic nitrogens is 1. The van der Waals surface area contributed by atoms with E-state index in [1.807, 2.05) is 12.1 Å². The number of phenolic OH excluding ortho intramolecular Hbond substituents is 1. The lowest BCUT2D eigenvalue weighted by molar-refractivity contribution is 0.176. The standard InChI is InChI=1S/C30H29N3O4S/c1-37-28-10-6-22(16-25(28)20-13-15-38-18-20)32-21-4-2-19(3-5-21)12-14-31-17-27(35)23-7-9-26(34)30-24(23)8-11-29(36)33-30/h2-11,13,15-16,18,27,31-32,34-35H,12,14,17H2,1H3,(H,33,36)/t27-/m0/s1. The van der Waals surface area contributed by atoms with E-state index in [2.05, 4.69) is 62.8 Å². The van der Waals surface area contributed by atoms with Gasteiger partial charge in [0.1, 0.15) is 11.5 Å². The Balaban J connectivity index is 1.16. The average Bonchev–Trinajstić information content (AvgIpc) is 3.47. The quantitative estimate of drug-likeness (QED) is 0.152. The number of pyridine rings is 1. The molecule has 0 aliphatic carbocycles. The highest BCUT2D eigenvalue weighted by atomic mass is 32.1. The van der Waals surface area contributed by atoms with Crippen LogP contribution in [0, 0.1) is 0 Å². The normalized spacial score (nSPS) is 11.9. The first-order valence-corrected chi connectivity index (χ1v) is 13.3. The van der Waals surface area contributed by atoms with Crippen LogP contribution in [-0.4, -0.2) is 35.4 Å². The maximum atomic E-state index is 11.6. The van der Waals surface area contributed by atoms with E-state index in [1.54, 1.807) is 30.6 Å². The fourth-order valence-corrected chi connectivity index (χ4v) is 5.14. The Bertz CT molecular complexity index is 1580. The van der Waals surface area contributed by atoms with Crippen molar-refractivity contribution in [3.05, 3.63) is 105 Å². The summed E-state index contributed by atoms with van der Waals surface area (Å²) in [5.74, 6) is 0.824. The second kappa shape index (κ2) is 11.5. The molecule has 2 heterocycles. The molecule has 0 aliphatic rings. The number of methoxy groups -OCH3 is 1. The highest BCUT2D eigenvalue weighted by molar-refractivity contribution is 7.08. The molecular weight excluding hydrogens is 498 g/mol. The van der Waals surface area contributed by atoms with Gasteiger partial charge >= 0.3 is 0 Å². The van der Waals surface area contributed by atoms with Gasteiger partial charge in [0.05, 0.1) is 18.7 Å². The summed E-state index contributed by atoms with van der Waals surface area (Å²) < 4.78 is 5.54. The fourth-order valence-electron chi connectivity index (χ4n) is 4.48. The smallest absolute Gasteiger partial charge is 0.248 e. The van der Waals surface area contributed by atoms with E-state index in [4.69, 9.17) is 4.74 Å². The van der Waals surface area contributed by atoms with Crippen LogP contribution in [0.25, 0.3) is 22.0 Å². The Hall–Kier alpha value is -4.11. The van der Waals surface area contributed by atoms with Gasteiger partial charge in [0.25, 0.3) is 0 Å². The fraction of sp³-hybridized carbons (Fsp3) is 0.167. The summed E-state index contributed by atoms with van der Waals surface area (Å²) in [4.78, 5) is 14.2. The van der Waals surface area contributed by atoms with E-state index < -0.39 is 6.10 Å². The molecule has 0 bridgehead atoms. The summed E-state index contributed by atoms with van der Waals surface area (Å²) in [5, 5.41) is 32.3. The topological polar surface area (TPSA) is 107 Å². The van der Waals surface area contributed by atoms with Crippen LogP contribution < -0.4 is 20.9 Å². The van der Waals surface area contributed by atoms with Crippen molar-refractivity contribution in [2.45, 2.75) is 12.5 Å². The number of hydrogen-bond acceptors (Lipinski definition) is 7. The molecule has 1 atom stereocenters. The number of nitrogens with one attached hydrogen (secondary N) is 3. The predicted octanol–water partition coefficient (Wildman–Crippen LogP) is 5.58. The van der Waals surface area contributed by atoms with Crippen LogP contribution in [0.3, 0.4) is 0 Å². The number of phenols is 1. The second-order valence-electron chi connectivity index (χ2n) is 9.00. The van der Waals surface area contributed by atoms with E-state index in [0.29, 0.717) is 29.6 Å². The zero-order valence-electron chi connectivity index (χ0n) is 20.9. The first-order chi connectivity index (χ1) is 18.5. The Kier molecular flexibility index (Phi) is 7.74. The number of fused-ring (bicyclic) bond motifs is 1. The third-order valence-corrected chi connectivity index (χ3v) is 7.15. The molecule has 5 N–H and O–H groups in total. The lowest BCUT2D eigenvalue weighted by atomic mass is 10.0. The van der Waals surface area contributed by atoms with Crippen LogP contribution in [0.5, 0.6) is 11.5 Å². The lowest BCUT2D eigenvalue weighted by Crippen LogP contribution is -2.24. The highest BCUT2D eigenvalue weighted by Crippen LogP contribution is 2.34. The van der Waals surface area contributed by atoms with Crippen molar-refractivity contribution in [2.24, 2.45) is 0 Å². The number of aliphatic hydroxyl groups excluding tert-OH is 1. The second-order valence-corrected chi connectivity index (χ2v) is 9.78. The Morgan fingerprint density at radius 1 is 1.00 bits per heavy atom. The van der Waals surface area contributed by atoms with Crippen molar-refractivity contribution >= 4 is 33.6 Å². The number of ether oxygens (including phenoxy) is 1. The molecule has 0 radical (unpaired) electrons.